The summed E-state index contributed by atoms with van der Waals surface area (Å²) in [4.78, 5) is 8.15. The van der Waals surface area contributed by atoms with Gasteiger partial charge in [0.1, 0.15) is 5.82 Å². The molecule has 0 aliphatic heterocycles. The molecule has 0 unspecified atom stereocenters. The van der Waals surface area contributed by atoms with Gasteiger partial charge in [0.05, 0.1) is 0 Å². The Morgan fingerprint density at radius 1 is 1.38 bits per heavy atom. The molecule has 88 valence electrons. The first-order valence-corrected chi connectivity index (χ1v) is 6.36. The van der Waals surface area contributed by atoms with Crippen molar-refractivity contribution in [1.82, 2.24) is 9.97 Å². The molecule has 0 saturated heterocycles. The molecule has 1 saturated carbocycles. The van der Waals surface area contributed by atoms with Crippen molar-refractivity contribution in [3.63, 3.8) is 0 Å². The average molecular weight is 240 g/mol. The Bertz CT molecular complexity index is 348. The van der Waals surface area contributed by atoms with Gasteiger partial charge < -0.3 is 5.32 Å². The molecule has 3 nitrogen and oxygen atoms in total. The molecule has 0 amide bonds. The van der Waals surface area contributed by atoms with E-state index < -0.39 is 0 Å². The van der Waals surface area contributed by atoms with E-state index >= 15 is 0 Å². The fourth-order valence-electron chi connectivity index (χ4n) is 2.23. The summed E-state index contributed by atoms with van der Waals surface area (Å²) in [6, 6.07) is 0. The molecule has 1 heterocycles. The normalized spacial score (nSPS) is 17.4. The summed E-state index contributed by atoms with van der Waals surface area (Å²) in [5.41, 5.74) is 1.06. The van der Waals surface area contributed by atoms with Crippen LogP contribution in [-0.4, -0.2) is 16.5 Å². The van der Waals surface area contributed by atoms with Crippen LogP contribution in [0.5, 0.6) is 0 Å². The van der Waals surface area contributed by atoms with Crippen molar-refractivity contribution >= 4 is 17.4 Å². The van der Waals surface area contributed by atoms with Crippen LogP contribution in [0.4, 0.5) is 5.82 Å². The minimum absolute atomic E-state index is 0.316. The predicted octanol–water partition coefficient (Wildman–Crippen LogP) is 3.43. The van der Waals surface area contributed by atoms with Gasteiger partial charge in [0.2, 0.25) is 5.28 Å². The summed E-state index contributed by atoms with van der Waals surface area (Å²) in [6.07, 6.45) is 8.58. The first-order valence-electron chi connectivity index (χ1n) is 5.98. The quantitative estimate of drug-likeness (QED) is 0.822. The molecule has 1 aromatic heterocycles. The fourth-order valence-corrected chi connectivity index (χ4v) is 2.37. The highest BCUT2D eigenvalue weighted by atomic mass is 35.5. The van der Waals surface area contributed by atoms with Gasteiger partial charge in [0.25, 0.3) is 0 Å². The van der Waals surface area contributed by atoms with E-state index in [4.69, 9.17) is 11.6 Å². The molecule has 1 aromatic rings. The maximum absolute atomic E-state index is 5.78. The third-order valence-electron chi connectivity index (χ3n) is 3.23. The van der Waals surface area contributed by atoms with E-state index in [0.29, 0.717) is 5.28 Å². The van der Waals surface area contributed by atoms with Gasteiger partial charge in [-0.15, -0.1) is 0 Å². The number of halogens is 1. The number of nitrogens with zero attached hydrogens (tertiary/aromatic N) is 2. The molecule has 1 fully saturated rings. The average Bonchev–Trinajstić information content (AvgIpc) is 2.32. The molecular formula is C12H18ClN3. The van der Waals surface area contributed by atoms with Crippen molar-refractivity contribution in [2.75, 3.05) is 11.9 Å². The zero-order chi connectivity index (χ0) is 11.4. The maximum Gasteiger partial charge on any atom is 0.224 e. The Morgan fingerprint density at radius 2 is 2.12 bits per heavy atom. The van der Waals surface area contributed by atoms with E-state index in [-0.39, 0.29) is 0 Å². The molecule has 1 N–H and O–H groups in total. The molecular weight excluding hydrogens is 222 g/mol. The zero-order valence-electron chi connectivity index (χ0n) is 9.67. The van der Waals surface area contributed by atoms with Crippen molar-refractivity contribution in [3.8, 4) is 0 Å². The van der Waals surface area contributed by atoms with Crippen LogP contribution < -0.4 is 5.32 Å². The van der Waals surface area contributed by atoms with Crippen LogP contribution in [0.1, 0.15) is 37.7 Å². The van der Waals surface area contributed by atoms with Gasteiger partial charge in [0, 0.05) is 18.3 Å². The number of anilines is 1. The highest BCUT2D eigenvalue weighted by molar-refractivity contribution is 6.28. The molecule has 0 aromatic carbocycles. The van der Waals surface area contributed by atoms with Crippen LogP contribution in [0.2, 0.25) is 5.28 Å². The van der Waals surface area contributed by atoms with Crippen LogP contribution in [0, 0.1) is 12.8 Å². The molecule has 0 spiro atoms. The third kappa shape index (κ3) is 3.08. The van der Waals surface area contributed by atoms with Crippen LogP contribution >= 0.6 is 11.6 Å². The molecule has 2 rings (SSSR count). The number of nitrogens with one attached hydrogen (secondary N) is 1. The molecule has 4 heteroatoms. The Morgan fingerprint density at radius 3 is 2.88 bits per heavy atom. The SMILES string of the molecule is Cc1cnc(Cl)nc1NCC1CCCCC1. The Labute approximate surface area is 102 Å². The van der Waals surface area contributed by atoms with Crippen molar-refractivity contribution in [3.05, 3.63) is 17.0 Å². The third-order valence-corrected chi connectivity index (χ3v) is 3.41. The monoisotopic (exact) mass is 239 g/mol. The number of hydrogen-bond acceptors (Lipinski definition) is 3. The van der Waals surface area contributed by atoms with Gasteiger partial charge in [-0.3, -0.25) is 0 Å². The molecule has 0 bridgehead atoms. The smallest absolute Gasteiger partial charge is 0.224 e. The Hall–Kier alpha value is -0.830. The van der Waals surface area contributed by atoms with Crippen molar-refractivity contribution in [1.29, 1.82) is 0 Å². The standard InChI is InChI=1S/C12H18ClN3/c1-9-7-15-12(13)16-11(9)14-8-10-5-3-2-4-6-10/h7,10H,2-6,8H2,1H3,(H,14,15,16). The minimum Gasteiger partial charge on any atom is -0.369 e. The number of aryl methyl sites for hydroxylation is 1. The lowest BCUT2D eigenvalue weighted by atomic mass is 9.89. The summed E-state index contributed by atoms with van der Waals surface area (Å²) in [6.45, 7) is 3.01. The summed E-state index contributed by atoms with van der Waals surface area (Å²) < 4.78 is 0. The summed E-state index contributed by atoms with van der Waals surface area (Å²) >= 11 is 5.78. The maximum atomic E-state index is 5.78. The first-order chi connectivity index (χ1) is 7.75. The Balaban J connectivity index is 1.90. The van der Waals surface area contributed by atoms with E-state index in [1.807, 2.05) is 6.92 Å². The molecule has 0 atom stereocenters. The van der Waals surface area contributed by atoms with E-state index in [1.165, 1.54) is 32.1 Å². The van der Waals surface area contributed by atoms with Gasteiger partial charge in [0.15, 0.2) is 0 Å². The molecule has 0 radical (unpaired) electrons. The second-order valence-corrected chi connectivity index (χ2v) is 4.89. The van der Waals surface area contributed by atoms with Gasteiger partial charge in [-0.05, 0) is 37.3 Å². The highest BCUT2D eigenvalue weighted by Crippen LogP contribution is 2.24. The van der Waals surface area contributed by atoms with E-state index in [2.05, 4.69) is 15.3 Å². The zero-order valence-corrected chi connectivity index (χ0v) is 10.4. The highest BCUT2D eigenvalue weighted by Gasteiger charge is 2.13. The van der Waals surface area contributed by atoms with Crippen LogP contribution in [0.25, 0.3) is 0 Å². The first kappa shape index (κ1) is 11.6. The van der Waals surface area contributed by atoms with Crippen LogP contribution in [-0.2, 0) is 0 Å². The number of rotatable bonds is 3. The summed E-state index contributed by atoms with van der Waals surface area (Å²) in [5, 5.41) is 3.70. The fraction of sp³-hybridized carbons (Fsp3) is 0.667. The van der Waals surface area contributed by atoms with Gasteiger partial charge >= 0.3 is 0 Å². The summed E-state index contributed by atoms with van der Waals surface area (Å²) in [7, 11) is 0. The number of aromatic nitrogens is 2. The van der Waals surface area contributed by atoms with Crippen molar-refractivity contribution in [2.24, 2.45) is 5.92 Å². The molecule has 16 heavy (non-hydrogen) atoms. The van der Waals surface area contributed by atoms with Crippen LogP contribution in [0.15, 0.2) is 6.20 Å². The van der Waals surface area contributed by atoms with Gasteiger partial charge in [-0.2, -0.15) is 0 Å². The topological polar surface area (TPSA) is 37.8 Å². The lowest BCUT2D eigenvalue weighted by molar-refractivity contribution is 0.373. The van der Waals surface area contributed by atoms with E-state index in [1.54, 1.807) is 6.20 Å². The van der Waals surface area contributed by atoms with Crippen LogP contribution in [0.3, 0.4) is 0 Å². The summed E-state index contributed by atoms with van der Waals surface area (Å²) in [5.74, 6) is 1.67. The molecule has 1 aliphatic rings. The van der Waals surface area contributed by atoms with Gasteiger partial charge in [-0.25, -0.2) is 9.97 Å². The lowest BCUT2D eigenvalue weighted by Gasteiger charge is -2.22. The van der Waals surface area contributed by atoms with E-state index in [9.17, 15) is 0 Å². The van der Waals surface area contributed by atoms with E-state index in [0.717, 1.165) is 23.8 Å². The second-order valence-electron chi connectivity index (χ2n) is 4.56. The van der Waals surface area contributed by atoms with Crippen molar-refractivity contribution < 1.29 is 0 Å². The van der Waals surface area contributed by atoms with Gasteiger partial charge in [-0.1, -0.05) is 19.3 Å². The Kier molecular flexibility index (Phi) is 3.99. The largest absolute Gasteiger partial charge is 0.369 e. The number of hydrogen-bond donors (Lipinski definition) is 1. The van der Waals surface area contributed by atoms with Crippen molar-refractivity contribution in [2.45, 2.75) is 39.0 Å². The molecule has 1 aliphatic carbocycles. The minimum atomic E-state index is 0.316. The predicted molar refractivity (Wildman–Crippen MR) is 66.8 cm³/mol. The second kappa shape index (κ2) is 5.48. The lowest BCUT2D eigenvalue weighted by Crippen LogP contribution is -2.18.